The molecular weight excluding hydrogens is 138 g/mol. The van der Waals surface area contributed by atoms with Crippen molar-refractivity contribution in [3.8, 4) is 12.3 Å². The van der Waals surface area contributed by atoms with Crippen LogP contribution in [-0.2, 0) is 4.74 Å². The van der Waals surface area contributed by atoms with Crippen molar-refractivity contribution in [3.05, 3.63) is 12.2 Å². The average molecular weight is 153 g/mol. The molecule has 1 N–H and O–H groups in total. The van der Waals surface area contributed by atoms with Gasteiger partial charge in [-0.3, -0.25) is 0 Å². The number of hydrogen-bond acceptors (Lipinski definition) is 2. The highest BCUT2D eigenvalue weighted by Gasteiger charge is 1.82. The molecule has 11 heavy (non-hydrogen) atoms. The third-order valence-electron chi connectivity index (χ3n) is 1.18. The van der Waals surface area contributed by atoms with Gasteiger partial charge < -0.3 is 10.1 Å². The molecule has 0 aliphatic carbocycles. The molecule has 0 spiro atoms. The molecule has 62 valence electrons. The van der Waals surface area contributed by atoms with E-state index in [9.17, 15) is 0 Å². The van der Waals surface area contributed by atoms with E-state index < -0.39 is 0 Å². The fourth-order valence-electron chi connectivity index (χ4n) is 0.636. The highest BCUT2D eigenvalue weighted by molar-refractivity contribution is 5.08. The minimum Gasteiger partial charge on any atom is -0.383 e. The summed E-state index contributed by atoms with van der Waals surface area (Å²) in [5.74, 6) is 2.44. The standard InChI is InChI=1S/C9H15NO/c1-3-4-5-6-7-10-8-9-11-2/h1,4-5,10H,6-9H2,2H3. The van der Waals surface area contributed by atoms with E-state index in [2.05, 4.69) is 11.2 Å². The van der Waals surface area contributed by atoms with Gasteiger partial charge in [-0.1, -0.05) is 12.0 Å². The fourth-order valence-corrected chi connectivity index (χ4v) is 0.636. The minimum absolute atomic E-state index is 0.763. The zero-order chi connectivity index (χ0) is 8.36. The molecule has 0 aliphatic rings. The Morgan fingerprint density at radius 1 is 1.55 bits per heavy atom. The quantitative estimate of drug-likeness (QED) is 0.450. The van der Waals surface area contributed by atoms with Gasteiger partial charge in [-0.15, -0.1) is 6.42 Å². The topological polar surface area (TPSA) is 21.3 Å². The first-order chi connectivity index (χ1) is 5.41. The Labute approximate surface area is 68.6 Å². The van der Waals surface area contributed by atoms with Crippen molar-refractivity contribution in [3.63, 3.8) is 0 Å². The van der Waals surface area contributed by atoms with Crippen molar-refractivity contribution in [1.29, 1.82) is 0 Å². The summed E-state index contributed by atoms with van der Waals surface area (Å²) in [7, 11) is 1.69. The van der Waals surface area contributed by atoms with Gasteiger partial charge in [0.15, 0.2) is 0 Å². The predicted octanol–water partition coefficient (Wildman–Crippen LogP) is 0.802. The number of nitrogens with one attached hydrogen (secondary N) is 1. The van der Waals surface area contributed by atoms with Crippen LogP contribution in [0.4, 0.5) is 0 Å². The fraction of sp³-hybridized carbons (Fsp3) is 0.556. The zero-order valence-corrected chi connectivity index (χ0v) is 6.97. The summed E-state index contributed by atoms with van der Waals surface area (Å²) >= 11 is 0. The molecule has 0 heterocycles. The molecule has 0 saturated heterocycles. The van der Waals surface area contributed by atoms with Crippen molar-refractivity contribution in [2.24, 2.45) is 0 Å². The lowest BCUT2D eigenvalue weighted by Crippen LogP contribution is -2.19. The molecule has 0 rings (SSSR count). The first-order valence-corrected chi connectivity index (χ1v) is 3.72. The Kier molecular flexibility index (Phi) is 8.57. The number of ether oxygens (including phenoxy) is 1. The maximum Gasteiger partial charge on any atom is 0.0587 e. The average Bonchev–Trinajstić information content (AvgIpc) is 2.03. The van der Waals surface area contributed by atoms with Crippen LogP contribution in [0.1, 0.15) is 6.42 Å². The SMILES string of the molecule is C#CC=CCCNCCOC. The first-order valence-electron chi connectivity index (χ1n) is 3.72. The van der Waals surface area contributed by atoms with Gasteiger partial charge >= 0.3 is 0 Å². The summed E-state index contributed by atoms with van der Waals surface area (Å²) in [6, 6.07) is 0. The van der Waals surface area contributed by atoms with Gasteiger partial charge in [0.25, 0.3) is 0 Å². The molecule has 2 nitrogen and oxygen atoms in total. The first kappa shape index (κ1) is 10.2. The van der Waals surface area contributed by atoms with Gasteiger partial charge in [0.2, 0.25) is 0 Å². The Balaban J connectivity index is 2.92. The van der Waals surface area contributed by atoms with E-state index in [0.29, 0.717) is 0 Å². The van der Waals surface area contributed by atoms with Crippen LogP contribution in [0.3, 0.4) is 0 Å². The highest BCUT2D eigenvalue weighted by Crippen LogP contribution is 1.78. The minimum atomic E-state index is 0.763. The summed E-state index contributed by atoms with van der Waals surface area (Å²) in [6.07, 6.45) is 9.69. The lowest BCUT2D eigenvalue weighted by atomic mass is 10.4. The van der Waals surface area contributed by atoms with E-state index in [1.54, 1.807) is 13.2 Å². The van der Waals surface area contributed by atoms with Gasteiger partial charge in [0.05, 0.1) is 6.61 Å². The van der Waals surface area contributed by atoms with Crippen LogP contribution in [0.15, 0.2) is 12.2 Å². The molecule has 0 radical (unpaired) electrons. The molecule has 0 aromatic heterocycles. The summed E-state index contributed by atoms with van der Waals surface area (Å²) in [4.78, 5) is 0. The van der Waals surface area contributed by atoms with Gasteiger partial charge in [0.1, 0.15) is 0 Å². The van der Waals surface area contributed by atoms with Gasteiger partial charge in [-0.2, -0.15) is 0 Å². The van der Waals surface area contributed by atoms with Crippen molar-refractivity contribution in [2.75, 3.05) is 26.8 Å². The molecule has 0 amide bonds. The second kappa shape index (κ2) is 9.22. The summed E-state index contributed by atoms with van der Waals surface area (Å²) in [5, 5.41) is 3.20. The van der Waals surface area contributed by atoms with Crippen LogP contribution in [0.5, 0.6) is 0 Å². The Morgan fingerprint density at radius 2 is 2.36 bits per heavy atom. The van der Waals surface area contributed by atoms with Crippen LogP contribution in [0.2, 0.25) is 0 Å². The molecular formula is C9H15NO. The smallest absolute Gasteiger partial charge is 0.0587 e. The van der Waals surface area contributed by atoms with Crippen LogP contribution >= 0.6 is 0 Å². The highest BCUT2D eigenvalue weighted by atomic mass is 16.5. The van der Waals surface area contributed by atoms with E-state index in [4.69, 9.17) is 11.2 Å². The van der Waals surface area contributed by atoms with Crippen LogP contribution < -0.4 is 5.32 Å². The number of terminal acetylenes is 1. The van der Waals surface area contributed by atoms with E-state index in [1.165, 1.54) is 0 Å². The Bertz CT molecular complexity index is 135. The van der Waals surface area contributed by atoms with E-state index in [-0.39, 0.29) is 0 Å². The maximum absolute atomic E-state index is 5.01. The molecule has 0 atom stereocenters. The van der Waals surface area contributed by atoms with Crippen molar-refractivity contribution >= 4 is 0 Å². The molecule has 0 saturated carbocycles. The van der Waals surface area contributed by atoms with Crippen LogP contribution in [-0.4, -0.2) is 26.8 Å². The van der Waals surface area contributed by atoms with E-state index in [0.717, 1.165) is 26.1 Å². The predicted molar refractivity (Wildman–Crippen MR) is 47.3 cm³/mol. The van der Waals surface area contributed by atoms with Crippen LogP contribution in [0.25, 0.3) is 0 Å². The third-order valence-corrected chi connectivity index (χ3v) is 1.18. The second-order valence-corrected chi connectivity index (χ2v) is 2.10. The molecule has 0 aromatic carbocycles. The third kappa shape index (κ3) is 9.22. The summed E-state index contributed by atoms with van der Waals surface area (Å²) in [5.41, 5.74) is 0. The molecule has 0 unspecified atom stereocenters. The lowest BCUT2D eigenvalue weighted by molar-refractivity contribution is 0.199. The normalized spacial score (nSPS) is 10.2. The molecule has 2 heteroatoms. The second-order valence-electron chi connectivity index (χ2n) is 2.10. The Hall–Kier alpha value is -0.780. The van der Waals surface area contributed by atoms with Gasteiger partial charge in [0, 0.05) is 13.7 Å². The van der Waals surface area contributed by atoms with Gasteiger partial charge in [-0.05, 0) is 19.0 Å². The molecule has 0 fully saturated rings. The van der Waals surface area contributed by atoms with Crippen molar-refractivity contribution in [2.45, 2.75) is 6.42 Å². The monoisotopic (exact) mass is 153 g/mol. The summed E-state index contributed by atoms with van der Waals surface area (Å²) in [6.45, 7) is 2.63. The lowest BCUT2D eigenvalue weighted by Gasteiger charge is -1.99. The van der Waals surface area contributed by atoms with Crippen molar-refractivity contribution < 1.29 is 4.74 Å². The summed E-state index contributed by atoms with van der Waals surface area (Å²) < 4.78 is 4.86. The molecule has 0 bridgehead atoms. The van der Waals surface area contributed by atoms with E-state index in [1.807, 2.05) is 6.08 Å². The zero-order valence-electron chi connectivity index (χ0n) is 6.97. The molecule has 0 aliphatic heterocycles. The van der Waals surface area contributed by atoms with Crippen molar-refractivity contribution in [1.82, 2.24) is 5.32 Å². The molecule has 0 aromatic rings. The van der Waals surface area contributed by atoms with Gasteiger partial charge in [-0.25, -0.2) is 0 Å². The number of allylic oxidation sites excluding steroid dienone is 1. The number of methoxy groups -OCH3 is 1. The Morgan fingerprint density at radius 3 is 3.00 bits per heavy atom. The van der Waals surface area contributed by atoms with Crippen LogP contribution in [0, 0.1) is 12.3 Å². The number of rotatable bonds is 6. The maximum atomic E-state index is 5.01. The largest absolute Gasteiger partial charge is 0.383 e. The number of hydrogen-bond donors (Lipinski definition) is 1. The van der Waals surface area contributed by atoms with E-state index >= 15 is 0 Å².